The van der Waals surface area contributed by atoms with Crippen molar-refractivity contribution in [3.63, 3.8) is 0 Å². The Labute approximate surface area is 171 Å². The monoisotopic (exact) mass is 421 g/mol. The average molecular weight is 422 g/mol. The number of nitrogens with zero attached hydrogens (tertiary/aromatic N) is 2. The van der Waals surface area contributed by atoms with Crippen molar-refractivity contribution < 1.29 is 22.5 Å². The van der Waals surface area contributed by atoms with Crippen LogP contribution in [0, 0.1) is 13.8 Å². The molecule has 0 atom stereocenters. The van der Waals surface area contributed by atoms with Gasteiger partial charge in [0.15, 0.2) is 0 Å². The second-order valence-corrected chi connectivity index (χ2v) is 8.99. The SMILES string of the molecule is CCOc1ccc(NC(=O)Cc2c(C)noc2C)cc1S(=O)(=O)N1CCCCC1. The van der Waals surface area contributed by atoms with E-state index in [1.807, 2.05) is 0 Å². The second kappa shape index (κ2) is 8.96. The highest BCUT2D eigenvalue weighted by Gasteiger charge is 2.29. The van der Waals surface area contributed by atoms with Gasteiger partial charge in [0, 0.05) is 24.3 Å². The number of hydrogen-bond donors (Lipinski definition) is 1. The first-order valence-corrected chi connectivity index (χ1v) is 11.3. The number of benzene rings is 1. The van der Waals surface area contributed by atoms with Gasteiger partial charge >= 0.3 is 0 Å². The van der Waals surface area contributed by atoms with Gasteiger partial charge in [-0.3, -0.25) is 4.79 Å². The van der Waals surface area contributed by atoms with Crippen LogP contribution >= 0.6 is 0 Å². The van der Waals surface area contributed by atoms with Gasteiger partial charge in [0.2, 0.25) is 15.9 Å². The fraction of sp³-hybridized carbons (Fsp3) is 0.500. The third-order valence-corrected chi connectivity index (χ3v) is 6.90. The minimum Gasteiger partial charge on any atom is -0.492 e. The van der Waals surface area contributed by atoms with Gasteiger partial charge in [0.05, 0.1) is 18.7 Å². The number of ether oxygens (including phenoxy) is 1. The molecule has 1 aromatic heterocycles. The third kappa shape index (κ3) is 4.79. The Hall–Kier alpha value is -2.39. The summed E-state index contributed by atoms with van der Waals surface area (Å²) in [6.45, 7) is 6.67. The lowest BCUT2D eigenvalue weighted by atomic mass is 10.1. The molecule has 158 valence electrons. The second-order valence-electron chi connectivity index (χ2n) is 7.09. The molecule has 2 heterocycles. The third-order valence-electron chi connectivity index (χ3n) is 4.98. The van der Waals surface area contributed by atoms with Crippen LogP contribution in [0.15, 0.2) is 27.6 Å². The Morgan fingerprint density at radius 2 is 1.97 bits per heavy atom. The van der Waals surface area contributed by atoms with E-state index in [-0.39, 0.29) is 17.2 Å². The summed E-state index contributed by atoms with van der Waals surface area (Å²) in [5.41, 5.74) is 1.80. The molecular weight excluding hydrogens is 394 g/mol. The number of amides is 1. The van der Waals surface area contributed by atoms with Gasteiger partial charge in [-0.25, -0.2) is 8.42 Å². The highest BCUT2D eigenvalue weighted by atomic mass is 32.2. The molecule has 1 fully saturated rings. The van der Waals surface area contributed by atoms with Gasteiger partial charge in [0.25, 0.3) is 0 Å². The number of carbonyl (C=O) groups is 1. The van der Waals surface area contributed by atoms with Crippen molar-refractivity contribution in [3.05, 3.63) is 35.2 Å². The first kappa shape index (κ1) is 21.3. The molecular formula is C20H27N3O5S. The normalized spacial score (nSPS) is 15.3. The first-order valence-electron chi connectivity index (χ1n) is 9.81. The van der Waals surface area contributed by atoms with Gasteiger partial charge in [-0.05, 0) is 51.8 Å². The molecule has 0 unspecified atom stereocenters. The minimum atomic E-state index is -3.70. The van der Waals surface area contributed by atoms with E-state index in [4.69, 9.17) is 9.26 Å². The molecule has 29 heavy (non-hydrogen) atoms. The molecule has 0 saturated carbocycles. The van der Waals surface area contributed by atoms with E-state index in [9.17, 15) is 13.2 Å². The molecule has 1 aliphatic heterocycles. The largest absolute Gasteiger partial charge is 0.492 e. The van der Waals surface area contributed by atoms with E-state index in [1.54, 1.807) is 32.9 Å². The van der Waals surface area contributed by atoms with Gasteiger partial charge in [-0.15, -0.1) is 0 Å². The van der Waals surface area contributed by atoms with E-state index >= 15 is 0 Å². The molecule has 0 radical (unpaired) electrons. The Morgan fingerprint density at radius 1 is 1.24 bits per heavy atom. The van der Waals surface area contributed by atoms with E-state index in [2.05, 4.69) is 10.5 Å². The maximum atomic E-state index is 13.2. The fourth-order valence-electron chi connectivity index (χ4n) is 3.43. The Kier molecular flexibility index (Phi) is 6.59. The first-order chi connectivity index (χ1) is 13.8. The van der Waals surface area contributed by atoms with Gasteiger partial charge in [-0.2, -0.15) is 4.31 Å². The average Bonchev–Trinajstić information content (AvgIpc) is 3.02. The number of rotatable bonds is 7. The fourth-order valence-corrected chi connectivity index (χ4v) is 5.10. The summed E-state index contributed by atoms with van der Waals surface area (Å²) >= 11 is 0. The summed E-state index contributed by atoms with van der Waals surface area (Å²) in [5.74, 6) is 0.615. The quantitative estimate of drug-likeness (QED) is 0.737. The van der Waals surface area contributed by atoms with Crippen LogP contribution in [0.2, 0.25) is 0 Å². The summed E-state index contributed by atoms with van der Waals surface area (Å²) in [5, 5.41) is 6.62. The standard InChI is InChI=1S/C20H27N3O5S/c1-4-27-18-9-8-16(21-20(24)13-17-14(2)22-28-15(17)3)12-19(18)29(25,26)23-10-6-5-7-11-23/h8-9,12H,4-7,10-11,13H2,1-3H3,(H,21,24). The van der Waals surface area contributed by atoms with E-state index < -0.39 is 10.0 Å². The Morgan fingerprint density at radius 3 is 2.59 bits per heavy atom. The summed E-state index contributed by atoms with van der Waals surface area (Å²) in [6, 6.07) is 4.71. The molecule has 1 aliphatic rings. The number of carbonyl (C=O) groups excluding carboxylic acids is 1. The lowest BCUT2D eigenvalue weighted by Crippen LogP contribution is -2.35. The van der Waals surface area contributed by atoms with Crippen LogP contribution in [-0.2, 0) is 21.2 Å². The Balaban J connectivity index is 1.85. The van der Waals surface area contributed by atoms with Crippen LogP contribution in [0.5, 0.6) is 5.75 Å². The molecule has 8 nitrogen and oxygen atoms in total. The van der Waals surface area contributed by atoms with Crippen molar-refractivity contribution in [1.82, 2.24) is 9.46 Å². The van der Waals surface area contributed by atoms with Gasteiger partial charge < -0.3 is 14.6 Å². The number of hydrogen-bond acceptors (Lipinski definition) is 6. The zero-order chi connectivity index (χ0) is 21.0. The van der Waals surface area contributed by atoms with Crippen molar-refractivity contribution in [2.45, 2.75) is 51.3 Å². The number of nitrogens with one attached hydrogen (secondary N) is 1. The van der Waals surface area contributed by atoms with E-state index in [0.29, 0.717) is 42.6 Å². The molecule has 9 heteroatoms. The summed E-state index contributed by atoms with van der Waals surface area (Å²) < 4.78 is 38.5. The molecule has 2 aromatic rings. The topological polar surface area (TPSA) is 102 Å². The van der Waals surface area contributed by atoms with Gasteiger partial charge in [0.1, 0.15) is 16.4 Å². The van der Waals surface area contributed by atoms with Crippen LogP contribution in [-0.4, -0.2) is 43.5 Å². The minimum absolute atomic E-state index is 0.0800. The number of aromatic nitrogens is 1. The number of piperidine rings is 1. The van der Waals surface area contributed by atoms with Crippen LogP contribution in [0.4, 0.5) is 5.69 Å². The number of anilines is 1. The zero-order valence-corrected chi connectivity index (χ0v) is 17.8. The Bertz CT molecular complexity index is 958. The molecule has 1 amide bonds. The van der Waals surface area contributed by atoms with E-state index in [1.165, 1.54) is 10.4 Å². The summed E-state index contributed by atoms with van der Waals surface area (Å²) in [6.07, 6.45) is 2.82. The summed E-state index contributed by atoms with van der Waals surface area (Å²) in [7, 11) is -3.70. The van der Waals surface area contributed by atoms with Crippen LogP contribution < -0.4 is 10.1 Å². The van der Waals surface area contributed by atoms with Crippen molar-refractivity contribution in [2.24, 2.45) is 0 Å². The van der Waals surface area contributed by atoms with Crippen molar-refractivity contribution in [2.75, 3.05) is 25.0 Å². The molecule has 0 spiro atoms. The van der Waals surface area contributed by atoms with Crippen LogP contribution in [0.25, 0.3) is 0 Å². The molecule has 0 aliphatic carbocycles. The zero-order valence-electron chi connectivity index (χ0n) is 17.0. The predicted molar refractivity (Wildman–Crippen MR) is 109 cm³/mol. The molecule has 1 aromatic carbocycles. The van der Waals surface area contributed by atoms with Crippen LogP contribution in [0.1, 0.15) is 43.2 Å². The van der Waals surface area contributed by atoms with Crippen molar-refractivity contribution >= 4 is 21.6 Å². The lowest BCUT2D eigenvalue weighted by molar-refractivity contribution is -0.115. The molecule has 0 bridgehead atoms. The lowest BCUT2D eigenvalue weighted by Gasteiger charge is -2.27. The van der Waals surface area contributed by atoms with Crippen LogP contribution in [0.3, 0.4) is 0 Å². The van der Waals surface area contributed by atoms with E-state index in [0.717, 1.165) is 24.8 Å². The molecule has 3 rings (SSSR count). The highest BCUT2D eigenvalue weighted by Crippen LogP contribution is 2.31. The number of aryl methyl sites for hydroxylation is 2. The van der Waals surface area contributed by atoms with Crippen molar-refractivity contribution in [3.8, 4) is 5.75 Å². The van der Waals surface area contributed by atoms with Crippen molar-refractivity contribution in [1.29, 1.82) is 0 Å². The summed E-state index contributed by atoms with van der Waals surface area (Å²) in [4.78, 5) is 12.6. The molecule has 1 N–H and O–H groups in total. The van der Waals surface area contributed by atoms with Gasteiger partial charge in [-0.1, -0.05) is 11.6 Å². The highest BCUT2D eigenvalue weighted by molar-refractivity contribution is 7.89. The maximum absolute atomic E-state index is 13.2. The predicted octanol–water partition coefficient (Wildman–Crippen LogP) is 3.05. The molecule has 1 saturated heterocycles. The smallest absolute Gasteiger partial charge is 0.246 e. The maximum Gasteiger partial charge on any atom is 0.246 e. The number of sulfonamides is 1.